The molecule has 3 aromatic rings. The average Bonchev–Trinajstić information content (AvgIpc) is 2.59. The van der Waals surface area contributed by atoms with Gasteiger partial charge >= 0.3 is 0 Å². The number of carbonyl (C=O) groups is 1. The highest BCUT2D eigenvalue weighted by atomic mass is 35.5. The first-order chi connectivity index (χ1) is 12.0. The first-order valence-corrected chi connectivity index (χ1v) is 8.21. The molecule has 2 aromatic carbocycles. The zero-order valence-electron chi connectivity index (χ0n) is 13.3. The molecule has 0 saturated heterocycles. The standard InChI is InChI=1S/C18H14Cl2N4O/c1-11-10-15(17(25)23-14-9-5-8-13(19)16(14)20)24-18(21-11)22-12-6-3-2-4-7-12/h2-10H,1H3,(H,23,25)(H,21,22,24). The number of nitrogens with one attached hydrogen (secondary N) is 2. The number of carbonyl (C=O) groups excluding carboxylic acids is 1. The van der Waals surface area contributed by atoms with Crippen LogP contribution in [0.4, 0.5) is 17.3 Å². The number of amides is 1. The number of rotatable bonds is 4. The van der Waals surface area contributed by atoms with Gasteiger partial charge < -0.3 is 10.6 Å². The van der Waals surface area contributed by atoms with Crippen LogP contribution < -0.4 is 10.6 Å². The van der Waals surface area contributed by atoms with E-state index in [2.05, 4.69) is 20.6 Å². The zero-order chi connectivity index (χ0) is 17.8. The van der Waals surface area contributed by atoms with Crippen LogP contribution in [0.25, 0.3) is 0 Å². The first-order valence-electron chi connectivity index (χ1n) is 7.46. The molecule has 3 rings (SSSR count). The number of nitrogens with zero attached hydrogens (tertiary/aromatic N) is 2. The van der Waals surface area contributed by atoms with Crippen molar-refractivity contribution in [3.8, 4) is 0 Å². The Morgan fingerprint density at radius 1 is 1.00 bits per heavy atom. The molecule has 0 aliphatic heterocycles. The lowest BCUT2D eigenvalue weighted by Crippen LogP contribution is -2.15. The van der Waals surface area contributed by atoms with Crippen molar-refractivity contribution in [3.63, 3.8) is 0 Å². The summed E-state index contributed by atoms with van der Waals surface area (Å²) in [6.45, 7) is 1.79. The summed E-state index contributed by atoms with van der Waals surface area (Å²) in [7, 11) is 0. The average molecular weight is 373 g/mol. The van der Waals surface area contributed by atoms with Crippen LogP contribution in [0.15, 0.2) is 54.6 Å². The fourth-order valence-electron chi connectivity index (χ4n) is 2.18. The number of hydrogen-bond acceptors (Lipinski definition) is 4. The quantitative estimate of drug-likeness (QED) is 0.669. The highest BCUT2D eigenvalue weighted by Crippen LogP contribution is 2.29. The number of hydrogen-bond donors (Lipinski definition) is 2. The van der Waals surface area contributed by atoms with Crippen molar-refractivity contribution >= 4 is 46.4 Å². The molecule has 0 spiro atoms. The lowest BCUT2D eigenvalue weighted by molar-refractivity contribution is 0.102. The molecule has 1 heterocycles. The third kappa shape index (κ3) is 4.26. The van der Waals surface area contributed by atoms with Gasteiger partial charge in [0.15, 0.2) is 0 Å². The van der Waals surface area contributed by atoms with Gasteiger partial charge in [-0.2, -0.15) is 0 Å². The number of aryl methyl sites for hydroxylation is 1. The monoisotopic (exact) mass is 372 g/mol. The molecule has 0 atom stereocenters. The Morgan fingerprint density at radius 3 is 2.52 bits per heavy atom. The minimum absolute atomic E-state index is 0.224. The fraction of sp³-hybridized carbons (Fsp3) is 0.0556. The molecule has 0 unspecified atom stereocenters. The highest BCUT2D eigenvalue weighted by Gasteiger charge is 2.13. The predicted octanol–water partition coefficient (Wildman–Crippen LogP) is 5.09. The van der Waals surface area contributed by atoms with Crippen molar-refractivity contribution in [1.82, 2.24) is 9.97 Å². The summed E-state index contributed by atoms with van der Waals surface area (Å²) in [5.74, 6) is -0.0562. The molecule has 1 amide bonds. The van der Waals surface area contributed by atoms with Gasteiger partial charge in [-0.05, 0) is 37.3 Å². The molecule has 0 saturated carbocycles. The van der Waals surface area contributed by atoms with Gasteiger partial charge in [0.2, 0.25) is 5.95 Å². The summed E-state index contributed by atoms with van der Waals surface area (Å²) in [5.41, 5.74) is 2.14. The number of aromatic nitrogens is 2. The molecule has 25 heavy (non-hydrogen) atoms. The summed E-state index contributed by atoms with van der Waals surface area (Å²) in [6, 6.07) is 16.1. The Labute approximate surface area is 155 Å². The molecule has 0 radical (unpaired) electrons. The lowest BCUT2D eigenvalue weighted by atomic mass is 10.2. The van der Waals surface area contributed by atoms with E-state index in [9.17, 15) is 4.79 Å². The second kappa shape index (κ2) is 7.51. The number of para-hydroxylation sites is 1. The Hall–Kier alpha value is -2.63. The van der Waals surface area contributed by atoms with E-state index in [0.717, 1.165) is 5.69 Å². The van der Waals surface area contributed by atoms with Crippen LogP contribution in [0, 0.1) is 6.92 Å². The van der Waals surface area contributed by atoms with E-state index in [-0.39, 0.29) is 10.7 Å². The summed E-state index contributed by atoms with van der Waals surface area (Å²) in [4.78, 5) is 21.1. The SMILES string of the molecule is Cc1cc(C(=O)Nc2cccc(Cl)c2Cl)nc(Nc2ccccc2)n1. The van der Waals surface area contributed by atoms with E-state index in [1.54, 1.807) is 31.2 Å². The van der Waals surface area contributed by atoms with Gasteiger partial charge in [0.1, 0.15) is 5.69 Å². The van der Waals surface area contributed by atoms with Crippen molar-refractivity contribution in [3.05, 3.63) is 76.0 Å². The minimum atomic E-state index is -0.397. The lowest BCUT2D eigenvalue weighted by Gasteiger charge is -2.10. The maximum atomic E-state index is 12.5. The van der Waals surface area contributed by atoms with E-state index in [1.807, 2.05) is 30.3 Å². The summed E-state index contributed by atoms with van der Waals surface area (Å²) >= 11 is 12.1. The van der Waals surface area contributed by atoms with Crippen LogP contribution >= 0.6 is 23.2 Å². The normalized spacial score (nSPS) is 10.4. The molecular weight excluding hydrogens is 359 g/mol. The third-order valence-electron chi connectivity index (χ3n) is 3.32. The van der Waals surface area contributed by atoms with Crippen LogP contribution in [-0.2, 0) is 0 Å². The van der Waals surface area contributed by atoms with Crippen molar-refractivity contribution in [1.29, 1.82) is 0 Å². The van der Waals surface area contributed by atoms with Crippen LogP contribution in [0.1, 0.15) is 16.2 Å². The van der Waals surface area contributed by atoms with Gasteiger partial charge in [-0.15, -0.1) is 0 Å². The molecule has 126 valence electrons. The van der Waals surface area contributed by atoms with E-state index in [0.29, 0.717) is 22.4 Å². The maximum Gasteiger partial charge on any atom is 0.274 e. The molecule has 1 aromatic heterocycles. The largest absolute Gasteiger partial charge is 0.324 e. The number of benzene rings is 2. The molecule has 5 nitrogen and oxygen atoms in total. The number of anilines is 3. The second-order valence-corrected chi connectivity index (χ2v) is 6.05. The van der Waals surface area contributed by atoms with Gasteiger partial charge in [-0.1, -0.05) is 47.5 Å². The molecule has 0 aliphatic rings. The Kier molecular flexibility index (Phi) is 5.16. The Morgan fingerprint density at radius 2 is 1.76 bits per heavy atom. The van der Waals surface area contributed by atoms with E-state index >= 15 is 0 Å². The van der Waals surface area contributed by atoms with Crippen LogP contribution in [-0.4, -0.2) is 15.9 Å². The zero-order valence-corrected chi connectivity index (χ0v) is 14.8. The van der Waals surface area contributed by atoms with Crippen LogP contribution in [0.3, 0.4) is 0 Å². The fourth-order valence-corrected chi connectivity index (χ4v) is 2.53. The Bertz CT molecular complexity index is 916. The topological polar surface area (TPSA) is 66.9 Å². The van der Waals surface area contributed by atoms with E-state index in [1.165, 1.54) is 0 Å². The number of halogens is 2. The summed E-state index contributed by atoms with van der Waals surface area (Å²) < 4.78 is 0. The second-order valence-electron chi connectivity index (χ2n) is 5.26. The first kappa shape index (κ1) is 17.2. The predicted molar refractivity (Wildman–Crippen MR) is 101 cm³/mol. The summed E-state index contributed by atoms with van der Waals surface area (Å²) in [6.07, 6.45) is 0. The van der Waals surface area contributed by atoms with Gasteiger partial charge in [0.05, 0.1) is 15.7 Å². The molecule has 7 heteroatoms. The van der Waals surface area contributed by atoms with E-state index < -0.39 is 5.91 Å². The maximum absolute atomic E-state index is 12.5. The van der Waals surface area contributed by atoms with Crippen molar-refractivity contribution in [2.45, 2.75) is 6.92 Å². The highest BCUT2D eigenvalue weighted by molar-refractivity contribution is 6.44. The van der Waals surface area contributed by atoms with Crippen molar-refractivity contribution in [2.75, 3.05) is 10.6 Å². The minimum Gasteiger partial charge on any atom is -0.324 e. The van der Waals surface area contributed by atoms with E-state index in [4.69, 9.17) is 23.2 Å². The smallest absolute Gasteiger partial charge is 0.274 e. The Balaban J connectivity index is 1.84. The van der Waals surface area contributed by atoms with Gasteiger partial charge in [0.25, 0.3) is 5.91 Å². The molecule has 0 bridgehead atoms. The molecular formula is C18H14Cl2N4O. The van der Waals surface area contributed by atoms with Gasteiger partial charge in [-0.3, -0.25) is 4.79 Å². The van der Waals surface area contributed by atoms with Crippen LogP contribution in [0.2, 0.25) is 10.0 Å². The van der Waals surface area contributed by atoms with Crippen molar-refractivity contribution in [2.24, 2.45) is 0 Å². The molecule has 0 fully saturated rings. The van der Waals surface area contributed by atoms with Crippen molar-refractivity contribution < 1.29 is 4.79 Å². The molecule has 0 aliphatic carbocycles. The van der Waals surface area contributed by atoms with Gasteiger partial charge in [-0.25, -0.2) is 9.97 Å². The molecule has 2 N–H and O–H groups in total. The summed E-state index contributed by atoms with van der Waals surface area (Å²) in [5, 5.41) is 6.44. The third-order valence-corrected chi connectivity index (χ3v) is 4.14. The van der Waals surface area contributed by atoms with Gasteiger partial charge in [0, 0.05) is 11.4 Å². The van der Waals surface area contributed by atoms with Crippen LogP contribution in [0.5, 0.6) is 0 Å².